The molecule has 0 radical (unpaired) electrons. The van der Waals surface area contributed by atoms with Gasteiger partial charge in [0.2, 0.25) is 5.91 Å². The molecule has 1 amide bonds. The number of aromatic nitrogens is 1. The first-order chi connectivity index (χ1) is 14.0. The Hall–Kier alpha value is -3.00. The Morgan fingerprint density at radius 1 is 1.33 bits per heavy atom. The number of amides is 1. The van der Waals surface area contributed by atoms with E-state index in [9.17, 15) is 31.8 Å². The average Bonchev–Trinajstić information content (AvgIpc) is 3.07. The lowest BCUT2D eigenvalue weighted by Crippen LogP contribution is -2.46. The number of aryl methyl sites for hydroxylation is 1. The van der Waals surface area contributed by atoms with Crippen LogP contribution < -0.4 is 9.80 Å². The Bertz CT molecular complexity index is 1050. The first-order valence-electron chi connectivity index (χ1n) is 8.66. The molecule has 1 unspecified atom stereocenters. The van der Waals surface area contributed by atoms with E-state index in [1.807, 2.05) is 0 Å². The van der Waals surface area contributed by atoms with Gasteiger partial charge >= 0.3 is 6.18 Å². The molecule has 1 fully saturated rings. The molecule has 0 bridgehead atoms. The summed E-state index contributed by atoms with van der Waals surface area (Å²) in [7, 11) is -0.116. The molecule has 2 atom stereocenters. The second-order valence-corrected chi connectivity index (χ2v) is 8.19. The van der Waals surface area contributed by atoms with Crippen LogP contribution >= 0.6 is 0 Å². The van der Waals surface area contributed by atoms with Crippen molar-refractivity contribution in [2.24, 2.45) is 0 Å². The summed E-state index contributed by atoms with van der Waals surface area (Å²) in [5.74, 6) is -1.76. The number of carbonyl (C=O) groups is 1. The molecule has 0 spiro atoms. The number of halogens is 4. The second kappa shape index (κ2) is 8.02. The van der Waals surface area contributed by atoms with E-state index < -0.39 is 45.9 Å². The zero-order chi connectivity index (χ0) is 22.2. The predicted molar refractivity (Wildman–Crippen MR) is 103 cm³/mol. The van der Waals surface area contributed by atoms with E-state index in [1.165, 1.54) is 42.0 Å². The highest BCUT2D eigenvalue weighted by atomic mass is 32.2. The van der Waals surface area contributed by atoms with Gasteiger partial charge in [-0.2, -0.15) is 18.4 Å². The van der Waals surface area contributed by atoms with E-state index in [0.29, 0.717) is 5.69 Å². The smallest absolute Gasteiger partial charge is 0.331 e. The van der Waals surface area contributed by atoms with Gasteiger partial charge in [-0.3, -0.25) is 9.00 Å². The first kappa shape index (κ1) is 21.7. The minimum absolute atomic E-state index is 0.00657. The van der Waals surface area contributed by atoms with Gasteiger partial charge in [-0.25, -0.2) is 9.37 Å². The maximum Gasteiger partial charge on any atom is 0.417 e. The highest BCUT2D eigenvalue weighted by Crippen LogP contribution is 2.37. The van der Waals surface area contributed by atoms with Crippen LogP contribution in [0.25, 0.3) is 0 Å². The van der Waals surface area contributed by atoms with E-state index in [4.69, 9.17) is 0 Å². The van der Waals surface area contributed by atoms with Crippen LogP contribution in [0, 0.1) is 24.1 Å². The number of nitriles is 1. The zero-order valence-corrected chi connectivity index (χ0v) is 16.7. The van der Waals surface area contributed by atoms with Crippen molar-refractivity contribution in [1.29, 1.82) is 5.26 Å². The first-order valence-corrected chi connectivity index (χ1v) is 10.2. The molecule has 1 saturated heterocycles. The van der Waals surface area contributed by atoms with Gasteiger partial charge in [0.25, 0.3) is 0 Å². The van der Waals surface area contributed by atoms with Crippen LogP contribution in [0.15, 0.2) is 30.3 Å². The highest BCUT2D eigenvalue weighted by molar-refractivity contribution is 7.85. The van der Waals surface area contributed by atoms with Gasteiger partial charge in [-0.1, -0.05) is 0 Å². The lowest BCUT2D eigenvalue weighted by atomic mass is 10.1. The summed E-state index contributed by atoms with van der Waals surface area (Å²) in [4.78, 5) is 19.5. The maximum atomic E-state index is 13.4. The molecule has 1 aliphatic rings. The third-order valence-corrected chi connectivity index (χ3v) is 5.90. The van der Waals surface area contributed by atoms with E-state index in [2.05, 4.69) is 4.98 Å². The van der Waals surface area contributed by atoms with Crippen molar-refractivity contribution >= 4 is 28.2 Å². The third kappa shape index (κ3) is 4.14. The number of anilines is 2. The summed E-state index contributed by atoms with van der Waals surface area (Å²) in [5, 5.41) is 9.39. The quantitative estimate of drug-likeness (QED) is 0.686. The average molecular weight is 440 g/mol. The molecule has 1 aromatic carbocycles. The van der Waals surface area contributed by atoms with Gasteiger partial charge in [0.1, 0.15) is 29.3 Å². The molecule has 11 heteroatoms. The fourth-order valence-corrected chi connectivity index (χ4v) is 4.58. The number of hydrogen-bond acceptors (Lipinski definition) is 5. The van der Waals surface area contributed by atoms with E-state index in [-0.39, 0.29) is 23.1 Å². The van der Waals surface area contributed by atoms with E-state index >= 15 is 0 Å². The predicted octanol–water partition coefficient (Wildman–Crippen LogP) is 2.98. The summed E-state index contributed by atoms with van der Waals surface area (Å²) in [6, 6.07) is 6.26. The van der Waals surface area contributed by atoms with Gasteiger partial charge in [-0.15, -0.1) is 0 Å². The van der Waals surface area contributed by atoms with Crippen molar-refractivity contribution in [1.82, 2.24) is 4.98 Å². The van der Waals surface area contributed by atoms with Crippen LogP contribution in [-0.4, -0.2) is 39.8 Å². The second-order valence-electron chi connectivity index (χ2n) is 6.71. The molecule has 30 heavy (non-hydrogen) atoms. The third-order valence-electron chi connectivity index (χ3n) is 4.65. The van der Waals surface area contributed by atoms with Crippen molar-refractivity contribution in [2.45, 2.75) is 19.1 Å². The molecule has 0 saturated carbocycles. The Balaban J connectivity index is 2.04. The van der Waals surface area contributed by atoms with Crippen molar-refractivity contribution in [3.05, 3.63) is 53.0 Å². The monoisotopic (exact) mass is 440 g/mol. The van der Waals surface area contributed by atoms with Crippen molar-refractivity contribution in [3.63, 3.8) is 0 Å². The lowest BCUT2D eigenvalue weighted by molar-refractivity contribution is -0.137. The van der Waals surface area contributed by atoms with Crippen molar-refractivity contribution < 1.29 is 26.6 Å². The number of rotatable bonds is 3. The molecule has 2 heterocycles. The van der Waals surface area contributed by atoms with Gasteiger partial charge in [0.05, 0.1) is 17.2 Å². The number of hydrogen-bond donors (Lipinski definition) is 0. The maximum absolute atomic E-state index is 13.4. The standard InChI is InChI=1S/C19H16F4N4O2S/c1-11-7-15(19(21,22)23)14(8-24)17(25-11)27-10-30(29)9-16(27)18(28)26(2)13-5-3-12(20)4-6-13/h3-7,16H,9-10H2,1-2H3/t16-,30?/m0/s1. The molecule has 158 valence electrons. The van der Waals surface area contributed by atoms with Crippen molar-refractivity contribution in [2.75, 3.05) is 28.5 Å². The van der Waals surface area contributed by atoms with Crippen LogP contribution in [0.1, 0.15) is 16.8 Å². The van der Waals surface area contributed by atoms with Crippen LogP contribution in [0.2, 0.25) is 0 Å². The number of pyridine rings is 1. The molecule has 3 rings (SSSR count). The SMILES string of the molecule is Cc1cc(C(F)(F)F)c(C#N)c(N2CS(=O)C[C@H]2C(=O)N(C)c2ccc(F)cc2)n1. The molecule has 0 aliphatic carbocycles. The molecule has 1 aliphatic heterocycles. The minimum Gasteiger partial charge on any atom is -0.331 e. The number of benzene rings is 1. The topological polar surface area (TPSA) is 77.3 Å². The number of carbonyl (C=O) groups excluding carboxylic acids is 1. The Morgan fingerprint density at radius 3 is 2.53 bits per heavy atom. The molecule has 1 aromatic heterocycles. The fourth-order valence-electron chi connectivity index (χ4n) is 3.19. The van der Waals surface area contributed by atoms with Crippen LogP contribution in [0.4, 0.5) is 29.1 Å². The zero-order valence-electron chi connectivity index (χ0n) is 15.9. The number of alkyl halides is 3. The molecular weight excluding hydrogens is 424 g/mol. The van der Waals surface area contributed by atoms with Gasteiger partial charge in [0.15, 0.2) is 0 Å². The number of likely N-dealkylation sites (N-methyl/N-ethyl adjacent to an activating group) is 1. The Morgan fingerprint density at radius 2 is 1.97 bits per heavy atom. The molecule has 0 N–H and O–H groups in total. The van der Waals surface area contributed by atoms with E-state index in [1.54, 1.807) is 0 Å². The van der Waals surface area contributed by atoms with Crippen LogP contribution in [0.3, 0.4) is 0 Å². The van der Waals surface area contributed by atoms with Crippen LogP contribution in [-0.2, 0) is 21.8 Å². The van der Waals surface area contributed by atoms with E-state index in [0.717, 1.165) is 18.2 Å². The summed E-state index contributed by atoms with van der Waals surface area (Å²) in [5.41, 5.74) is -1.53. The Kier molecular flexibility index (Phi) is 5.81. The van der Waals surface area contributed by atoms with Gasteiger partial charge in [-0.05, 0) is 37.3 Å². The molecule has 2 aromatic rings. The number of nitrogens with zero attached hydrogens (tertiary/aromatic N) is 4. The van der Waals surface area contributed by atoms with Gasteiger partial charge in [0, 0.05) is 29.2 Å². The highest BCUT2D eigenvalue weighted by Gasteiger charge is 2.42. The van der Waals surface area contributed by atoms with Gasteiger partial charge < -0.3 is 9.80 Å². The normalized spacial score (nSPS) is 18.9. The summed E-state index contributed by atoms with van der Waals surface area (Å²) in [6.45, 7) is 1.34. The Labute approximate surface area is 172 Å². The lowest BCUT2D eigenvalue weighted by Gasteiger charge is -2.29. The molecular formula is C19H16F4N4O2S. The van der Waals surface area contributed by atoms with Crippen molar-refractivity contribution in [3.8, 4) is 6.07 Å². The molecule has 6 nitrogen and oxygen atoms in total. The minimum atomic E-state index is -4.79. The summed E-state index contributed by atoms with van der Waals surface area (Å²) >= 11 is 0. The van der Waals surface area contributed by atoms with Crippen LogP contribution in [0.5, 0.6) is 0 Å². The largest absolute Gasteiger partial charge is 0.417 e. The summed E-state index contributed by atoms with van der Waals surface area (Å²) < 4.78 is 65.7. The fraction of sp³-hybridized carbons (Fsp3) is 0.316. The summed E-state index contributed by atoms with van der Waals surface area (Å²) in [6.07, 6.45) is -4.79.